The fraction of sp³-hybridized carbons (Fsp3) is 0.316. The summed E-state index contributed by atoms with van der Waals surface area (Å²) in [5, 5.41) is -0.162. The molecule has 2 heterocycles. The van der Waals surface area contributed by atoms with Crippen molar-refractivity contribution in [3.8, 4) is 5.75 Å². The van der Waals surface area contributed by atoms with Gasteiger partial charge in [-0.05, 0) is 53.9 Å². The number of benzene rings is 1. The number of aromatic nitrogens is 1. The predicted molar refractivity (Wildman–Crippen MR) is 101 cm³/mol. The summed E-state index contributed by atoms with van der Waals surface area (Å²) in [7, 11) is 0. The molecule has 2 N–H and O–H groups in total. The van der Waals surface area contributed by atoms with Crippen LogP contribution in [0.4, 0.5) is 4.79 Å². The Morgan fingerprint density at radius 3 is 2.46 bits per heavy atom. The van der Waals surface area contributed by atoms with Gasteiger partial charge in [0.05, 0.1) is 11.9 Å². The number of hydrogen-bond donors (Lipinski definition) is 1. The zero-order valence-electron chi connectivity index (χ0n) is 14.6. The summed E-state index contributed by atoms with van der Waals surface area (Å²) in [5.74, 6) is 5.82. The number of ether oxygens (including phenoxy) is 1. The van der Waals surface area contributed by atoms with Crippen LogP contribution in [0.3, 0.4) is 0 Å². The third-order valence-corrected chi connectivity index (χ3v) is 5.27. The molecule has 7 heteroatoms. The largest absolute Gasteiger partial charge is 0.493 e. The lowest BCUT2D eigenvalue weighted by atomic mass is 10.1. The van der Waals surface area contributed by atoms with Crippen molar-refractivity contribution in [2.24, 2.45) is 5.84 Å². The predicted octanol–water partition coefficient (Wildman–Crippen LogP) is 2.75. The Labute approximate surface area is 156 Å². The Kier molecular flexibility index (Phi) is 5.90. The lowest BCUT2D eigenvalue weighted by Crippen LogP contribution is -2.37. The van der Waals surface area contributed by atoms with Gasteiger partial charge in [-0.1, -0.05) is 25.1 Å². The van der Waals surface area contributed by atoms with Gasteiger partial charge in [-0.3, -0.25) is 14.6 Å². The zero-order valence-corrected chi connectivity index (χ0v) is 15.4. The van der Waals surface area contributed by atoms with Crippen molar-refractivity contribution in [1.82, 2.24) is 9.99 Å². The lowest BCUT2D eigenvalue weighted by Gasteiger charge is -2.09. The number of pyridine rings is 1. The summed E-state index contributed by atoms with van der Waals surface area (Å²) in [4.78, 5) is 27.7. The van der Waals surface area contributed by atoms with Crippen molar-refractivity contribution < 1.29 is 14.3 Å². The molecule has 0 bridgehead atoms. The highest BCUT2D eigenvalue weighted by Gasteiger charge is 2.37. The molecular formula is C19H21N3O3S. The lowest BCUT2D eigenvalue weighted by molar-refractivity contribution is -0.126. The Bertz CT molecular complexity index is 778. The van der Waals surface area contributed by atoms with Crippen molar-refractivity contribution >= 4 is 22.9 Å². The molecule has 1 atom stereocenters. The summed E-state index contributed by atoms with van der Waals surface area (Å²) in [6, 6.07) is 11.7. The zero-order chi connectivity index (χ0) is 18.5. The number of hydrazine groups is 1. The monoisotopic (exact) mass is 371 g/mol. The Hall–Kier alpha value is -2.38. The van der Waals surface area contributed by atoms with Crippen LogP contribution in [0.25, 0.3) is 0 Å². The molecule has 0 aliphatic carbocycles. The van der Waals surface area contributed by atoms with Crippen molar-refractivity contribution in [2.75, 3.05) is 6.61 Å². The number of nitrogens with zero attached hydrogens (tertiary/aromatic N) is 2. The van der Waals surface area contributed by atoms with Gasteiger partial charge in [0.15, 0.2) is 0 Å². The fourth-order valence-electron chi connectivity index (χ4n) is 2.62. The number of carbonyl (C=O) groups is 2. The number of imide groups is 1. The number of nitrogens with two attached hydrogens (primary N) is 1. The standard InChI is InChI=1S/C19H21N3O3S/c1-2-13-3-6-15(21-12-13)9-10-25-16-7-4-14(5-8-16)11-17-18(23)22(20)19(24)26-17/h3-8,12,17H,2,9-11,20H2,1H3. The van der Waals surface area contributed by atoms with Crippen LogP contribution < -0.4 is 10.6 Å². The third-order valence-electron chi connectivity index (χ3n) is 4.22. The molecule has 0 saturated carbocycles. The average Bonchev–Trinajstić information content (AvgIpc) is 2.90. The SMILES string of the molecule is CCc1ccc(CCOc2ccc(CC3SC(=O)N(N)C3=O)cc2)nc1. The maximum atomic E-state index is 11.8. The molecule has 2 amide bonds. The number of thioether (sulfide) groups is 1. The van der Waals surface area contributed by atoms with Gasteiger partial charge in [0.2, 0.25) is 0 Å². The molecule has 26 heavy (non-hydrogen) atoms. The maximum Gasteiger partial charge on any atom is 0.303 e. The summed E-state index contributed by atoms with van der Waals surface area (Å²) in [6.45, 7) is 2.65. The van der Waals surface area contributed by atoms with E-state index in [1.165, 1.54) is 5.56 Å². The van der Waals surface area contributed by atoms with Crippen LogP contribution in [0.2, 0.25) is 0 Å². The molecule has 136 valence electrons. The van der Waals surface area contributed by atoms with Gasteiger partial charge < -0.3 is 4.74 Å². The van der Waals surface area contributed by atoms with Crippen LogP contribution in [-0.2, 0) is 24.1 Å². The number of aryl methyl sites for hydroxylation is 1. The smallest absolute Gasteiger partial charge is 0.303 e. The number of rotatable bonds is 7. The molecule has 1 saturated heterocycles. The summed E-state index contributed by atoms with van der Waals surface area (Å²) in [6.07, 6.45) is 4.10. The highest BCUT2D eigenvalue weighted by atomic mass is 32.2. The molecule has 1 aromatic carbocycles. The van der Waals surface area contributed by atoms with E-state index < -0.39 is 10.5 Å². The second-order valence-electron chi connectivity index (χ2n) is 6.04. The van der Waals surface area contributed by atoms with Crippen molar-refractivity contribution in [1.29, 1.82) is 0 Å². The molecule has 1 fully saturated rings. The van der Waals surface area contributed by atoms with E-state index in [1.807, 2.05) is 36.5 Å². The second kappa shape index (κ2) is 8.33. The van der Waals surface area contributed by atoms with Gasteiger partial charge in [0.25, 0.3) is 5.91 Å². The number of carbonyl (C=O) groups excluding carboxylic acids is 2. The van der Waals surface area contributed by atoms with Crippen molar-refractivity contribution in [2.45, 2.75) is 31.4 Å². The Morgan fingerprint density at radius 2 is 1.88 bits per heavy atom. The highest BCUT2D eigenvalue weighted by molar-refractivity contribution is 8.15. The van der Waals surface area contributed by atoms with Gasteiger partial charge in [0.1, 0.15) is 5.75 Å². The summed E-state index contributed by atoms with van der Waals surface area (Å²) in [5.41, 5.74) is 3.19. The molecule has 0 radical (unpaired) electrons. The summed E-state index contributed by atoms with van der Waals surface area (Å²) < 4.78 is 5.75. The van der Waals surface area contributed by atoms with Gasteiger partial charge >= 0.3 is 5.24 Å². The molecule has 1 aliphatic heterocycles. The molecule has 1 unspecified atom stereocenters. The van der Waals surface area contributed by atoms with Crippen LogP contribution in [0, 0.1) is 0 Å². The molecule has 3 rings (SSSR count). The van der Waals surface area contributed by atoms with Crippen molar-refractivity contribution in [3.63, 3.8) is 0 Å². The average molecular weight is 371 g/mol. The minimum atomic E-state index is -0.448. The van der Waals surface area contributed by atoms with Crippen LogP contribution >= 0.6 is 11.8 Å². The molecular weight excluding hydrogens is 350 g/mol. The second-order valence-corrected chi connectivity index (χ2v) is 7.19. The first kappa shape index (κ1) is 18.4. The normalized spacial score (nSPS) is 17.0. The van der Waals surface area contributed by atoms with Gasteiger partial charge in [-0.25, -0.2) is 10.9 Å². The van der Waals surface area contributed by atoms with Crippen molar-refractivity contribution in [3.05, 3.63) is 59.4 Å². The third kappa shape index (κ3) is 4.42. The first-order valence-corrected chi connectivity index (χ1v) is 9.39. The van der Waals surface area contributed by atoms with E-state index in [0.717, 1.165) is 41.6 Å². The number of hydrogen-bond acceptors (Lipinski definition) is 6. The topological polar surface area (TPSA) is 85.5 Å². The van der Waals surface area contributed by atoms with E-state index in [1.54, 1.807) is 0 Å². The van der Waals surface area contributed by atoms with E-state index in [2.05, 4.69) is 18.0 Å². The van der Waals surface area contributed by atoms with Gasteiger partial charge in [-0.15, -0.1) is 0 Å². The first-order chi connectivity index (χ1) is 12.6. The van der Waals surface area contributed by atoms with Gasteiger partial charge in [0, 0.05) is 18.3 Å². The van der Waals surface area contributed by atoms with Crippen LogP contribution in [0.5, 0.6) is 5.75 Å². The quantitative estimate of drug-likeness (QED) is 0.595. The Morgan fingerprint density at radius 1 is 1.15 bits per heavy atom. The van der Waals surface area contributed by atoms with E-state index in [9.17, 15) is 9.59 Å². The highest BCUT2D eigenvalue weighted by Crippen LogP contribution is 2.27. The molecule has 1 aromatic heterocycles. The minimum Gasteiger partial charge on any atom is -0.493 e. The molecule has 0 spiro atoms. The van der Waals surface area contributed by atoms with Crippen LogP contribution in [-0.4, -0.2) is 33.0 Å². The summed E-state index contributed by atoms with van der Waals surface area (Å²) >= 11 is 0.969. The molecule has 1 aliphatic rings. The molecule has 2 aromatic rings. The Balaban J connectivity index is 1.48. The van der Waals surface area contributed by atoms with Gasteiger partial charge in [-0.2, -0.15) is 0 Å². The van der Waals surface area contributed by atoms with E-state index in [4.69, 9.17) is 10.6 Å². The van der Waals surface area contributed by atoms with Crippen LogP contribution in [0.1, 0.15) is 23.7 Å². The van der Waals surface area contributed by atoms with E-state index in [0.29, 0.717) is 18.0 Å². The fourth-order valence-corrected chi connectivity index (χ4v) is 3.56. The first-order valence-electron chi connectivity index (χ1n) is 8.51. The van der Waals surface area contributed by atoms with E-state index >= 15 is 0 Å². The van der Waals surface area contributed by atoms with Crippen LogP contribution in [0.15, 0.2) is 42.6 Å². The number of amides is 2. The molecule has 6 nitrogen and oxygen atoms in total. The van der Waals surface area contributed by atoms with E-state index in [-0.39, 0.29) is 5.91 Å². The minimum absolute atomic E-state index is 0.345. The maximum absolute atomic E-state index is 11.8.